The van der Waals surface area contributed by atoms with Crippen LogP contribution in [0.3, 0.4) is 0 Å². The van der Waals surface area contributed by atoms with Crippen molar-refractivity contribution in [3.63, 3.8) is 0 Å². The molecule has 198 valence electrons. The highest BCUT2D eigenvalue weighted by Gasteiger charge is 2.32. The summed E-state index contributed by atoms with van der Waals surface area (Å²) in [5.41, 5.74) is 2.71. The summed E-state index contributed by atoms with van der Waals surface area (Å²) in [6.45, 7) is 1.78. The SMILES string of the molecule is CC1c2cc(c(O)cc2O)Cc2cc(c(O)cc2O)CCC(C2C=CC(O)=CC2O)c2cc1c(O)cc2O. The van der Waals surface area contributed by atoms with Gasteiger partial charge in [0.2, 0.25) is 0 Å². The van der Waals surface area contributed by atoms with E-state index in [-0.39, 0.29) is 46.7 Å². The number of hydrogen-bond donors (Lipinski definition) is 8. The van der Waals surface area contributed by atoms with E-state index >= 15 is 0 Å². The minimum atomic E-state index is -1.05. The largest absolute Gasteiger partial charge is 0.508 e. The lowest BCUT2D eigenvalue weighted by molar-refractivity contribution is 0.150. The quantitative estimate of drug-likeness (QED) is 0.230. The molecule has 4 atom stereocenters. The Hall–Kier alpha value is -4.30. The lowest BCUT2D eigenvalue weighted by atomic mass is 9.75. The molecule has 8 nitrogen and oxygen atoms in total. The molecule has 3 aromatic carbocycles. The Morgan fingerprint density at radius 1 is 0.632 bits per heavy atom. The van der Waals surface area contributed by atoms with Gasteiger partial charge in [-0.1, -0.05) is 13.0 Å². The van der Waals surface area contributed by atoms with Gasteiger partial charge in [0.1, 0.15) is 40.3 Å². The van der Waals surface area contributed by atoms with Crippen LogP contribution in [0.25, 0.3) is 0 Å². The van der Waals surface area contributed by atoms with Gasteiger partial charge >= 0.3 is 0 Å². The molecule has 2 aliphatic carbocycles. The van der Waals surface area contributed by atoms with Gasteiger partial charge in [-0.25, -0.2) is 0 Å². The van der Waals surface area contributed by atoms with E-state index in [9.17, 15) is 40.9 Å². The van der Waals surface area contributed by atoms with E-state index in [1.807, 2.05) is 0 Å². The monoisotopic (exact) mass is 518 g/mol. The highest BCUT2D eigenvalue weighted by atomic mass is 16.3. The molecular formula is C30H30O8. The first kappa shape index (κ1) is 25.4. The molecule has 0 saturated heterocycles. The van der Waals surface area contributed by atoms with Gasteiger partial charge in [-0.15, -0.1) is 0 Å². The molecular weight excluding hydrogens is 488 g/mol. The van der Waals surface area contributed by atoms with E-state index in [1.54, 1.807) is 31.2 Å². The predicted octanol–water partition coefficient (Wildman–Crippen LogP) is 4.68. The van der Waals surface area contributed by atoms with E-state index in [4.69, 9.17) is 0 Å². The fraction of sp³-hybridized carbons (Fsp3) is 0.267. The zero-order valence-electron chi connectivity index (χ0n) is 20.7. The Balaban J connectivity index is 1.74. The average Bonchev–Trinajstić information content (AvgIpc) is 2.84. The van der Waals surface area contributed by atoms with Crippen LogP contribution in [0.1, 0.15) is 58.6 Å². The third kappa shape index (κ3) is 4.48. The van der Waals surface area contributed by atoms with Crippen LogP contribution in [0, 0.1) is 5.92 Å². The van der Waals surface area contributed by atoms with Gasteiger partial charge in [-0.3, -0.25) is 0 Å². The number of phenols is 6. The topological polar surface area (TPSA) is 162 Å². The van der Waals surface area contributed by atoms with Crippen LogP contribution in [-0.4, -0.2) is 47.0 Å². The third-order valence-corrected chi connectivity index (χ3v) is 7.81. The van der Waals surface area contributed by atoms with E-state index in [0.717, 1.165) is 0 Å². The van der Waals surface area contributed by atoms with Gasteiger partial charge in [0.25, 0.3) is 0 Å². The molecule has 0 amide bonds. The number of hydrogen-bond acceptors (Lipinski definition) is 8. The number of aliphatic hydroxyl groups excluding tert-OH is 2. The Morgan fingerprint density at radius 2 is 1.18 bits per heavy atom. The van der Waals surface area contributed by atoms with Crippen LogP contribution in [0.15, 0.2) is 60.4 Å². The van der Waals surface area contributed by atoms with Gasteiger partial charge in [-0.2, -0.15) is 0 Å². The number of benzene rings is 3. The maximum absolute atomic E-state index is 10.9. The van der Waals surface area contributed by atoms with E-state index in [0.29, 0.717) is 46.2 Å². The molecule has 0 aliphatic heterocycles. The molecule has 2 aliphatic rings. The van der Waals surface area contributed by atoms with Gasteiger partial charge in [0.15, 0.2) is 0 Å². The minimum Gasteiger partial charge on any atom is -0.508 e. The van der Waals surface area contributed by atoms with E-state index in [2.05, 4.69) is 0 Å². The summed E-state index contributed by atoms with van der Waals surface area (Å²) in [5, 5.41) is 84.8. The standard InChI is InChI=1S/C30H30O8/c1-14-21-8-17(26(34)12-28(21)36)7-16-6-15(24(32)11-25(16)33)2-4-19(20-5-3-18(31)9-27(20)35)23-10-22(14)29(37)13-30(23)38/h3,5-6,8-14,19-20,27,31-38H,2,4,7H2,1H3. The van der Waals surface area contributed by atoms with Crippen molar-refractivity contribution >= 4 is 0 Å². The summed E-state index contributed by atoms with van der Waals surface area (Å²) < 4.78 is 0. The normalized spacial score (nSPS) is 22.9. The summed E-state index contributed by atoms with van der Waals surface area (Å²) in [6.07, 6.45) is 4.21. The van der Waals surface area contributed by atoms with Crippen LogP contribution in [0.4, 0.5) is 0 Å². The average molecular weight is 519 g/mol. The molecule has 8 heteroatoms. The Kier molecular flexibility index (Phi) is 6.36. The van der Waals surface area contributed by atoms with Crippen molar-refractivity contribution in [1.82, 2.24) is 0 Å². The number of fused-ring (bicyclic) bond motifs is 6. The number of phenolic OH excluding ortho intramolecular Hbond substituents is 6. The van der Waals surface area contributed by atoms with Crippen molar-refractivity contribution in [3.05, 3.63) is 93.8 Å². The second-order valence-corrected chi connectivity index (χ2v) is 10.2. The zero-order chi connectivity index (χ0) is 27.3. The minimum absolute atomic E-state index is 0.0710. The number of aromatic hydroxyl groups is 6. The number of rotatable bonds is 1. The first-order valence-corrected chi connectivity index (χ1v) is 12.4. The van der Waals surface area contributed by atoms with Crippen LogP contribution >= 0.6 is 0 Å². The molecule has 4 unspecified atom stereocenters. The Morgan fingerprint density at radius 3 is 1.87 bits per heavy atom. The first-order valence-electron chi connectivity index (χ1n) is 12.4. The summed E-state index contributed by atoms with van der Waals surface area (Å²) in [7, 11) is 0. The Bertz CT molecular complexity index is 1470. The van der Waals surface area contributed by atoms with Crippen LogP contribution in [0.2, 0.25) is 0 Å². The van der Waals surface area contributed by atoms with Crippen LogP contribution in [-0.2, 0) is 12.8 Å². The van der Waals surface area contributed by atoms with Crippen molar-refractivity contribution in [2.75, 3.05) is 0 Å². The first-order chi connectivity index (χ1) is 18.0. The van der Waals surface area contributed by atoms with Crippen molar-refractivity contribution in [3.8, 4) is 34.5 Å². The van der Waals surface area contributed by atoms with Crippen molar-refractivity contribution in [2.45, 2.75) is 44.1 Å². The fourth-order valence-corrected chi connectivity index (χ4v) is 5.68. The van der Waals surface area contributed by atoms with E-state index in [1.165, 1.54) is 30.4 Å². The second kappa shape index (κ2) is 9.54. The van der Waals surface area contributed by atoms with Crippen LogP contribution < -0.4 is 0 Å². The van der Waals surface area contributed by atoms with Gasteiger partial charge in [0.05, 0.1) is 6.10 Å². The summed E-state index contributed by atoms with van der Waals surface area (Å²) in [4.78, 5) is 0. The van der Waals surface area contributed by atoms with Crippen molar-refractivity contribution < 1.29 is 40.9 Å². The lowest BCUT2D eigenvalue weighted by Gasteiger charge is -2.31. The lowest BCUT2D eigenvalue weighted by Crippen LogP contribution is -2.26. The van der Waals surface area contributed by atoms with Crippen molar-refractivity contribution in [2.24, 2.45) is 5.92 Å². The third-order valence-electron chi connectivity index (χ3n) is 7.81. The maximum Gasteiger partial charge on any atom is 0.123 e. The molecule has 0 saturated carbocycles. The molecule has 3 aromatic rings. The van der Waals surface area contributed by atoms with Gasteiger partial charge in [0, 0.05) is 47.6 Å². The molecule has 8 N–H and O–H groups in total. The highest BCUT2D eigenvalue weighted by molar-refractivity contribution is 5.57. The molecule has 0 spiro atoms. The number of allylic oxidation sites excluding steroid dienone is 1. The molecule has 0 fully saturated rings. The maximum atomic E-state index is 10.9. The van der Waals surface area contributed by atoms with Crippen LogP contribution in [0.5, 0.6) is 34.5 Å². The molecule has 5 rings (SSSR count). The summed E-state index contributed by atoms with van der Waals surface area (Å²) >= 11 is 0. The molecule has 0 aromatic heterocycles. The number of aliphatic hydroxyl groups is 2. The molecule has 0 heterocycles. The second-order valence-electron chi connectivity index (χ2n) is 10.2. The molecule has 38 heavy (non-hydrogen) atoms. The summed E-state index contributed by atoms with van der Waals surface area (Å²) in [6, 6.07) is 8.62. The Labute approximate surface area is 219 Å². The van der Waals surface area contributed by atoms with E-state index < -0.39 is 23.9 Å². The highest BCUT2D eigenvalue weighted by Crippen LogP contribution is 2.46. The fourth-order valence-electron chi connectivity index (χ4n) is 5.68. The smallest absolute Gasteiger partial charge is 0.123 e. The van der Waals surface area contributed by atoms with Gasteiger partial charge < -0.3 is 40.9 Å². The van der Waals surface area contributed by atoms with Gasteiger partial charge in [-0.05, 0) is 71.4 Å². The predicted molar refractivity (Wildman–Crippen MR) is 140 cm³/mol. The summed E-state index contributed by atoms with van der Waals surface area (Å²) in [5.74, 6) is -2.64. The molecule has 0 radical (unpaired) electrons. The zero-order valence-corrected chi connectivity index (χ0v) is 20.7. The van der Waals surface area contributed by atoms with Crippen molar-refractivity contribution in [1.29, 1.82) is 0 Å². The number of aryl methyl sites for hydroxylation is 1. The molecule has 6 bridgehead atoms.